The maximum Gasteiger partial charge on any atom is 0.340 e. The molecule has 2 heterocycles. The fourth-order valence-corrected chi connectivity index (χ4v) is 1.59. The van der Waals surface area contributed by atoms with Crippen molar-refractivity contribution in [3.05, 3.63) is 35.7 Å². The highest BCUT2D eigenvalue weighted by Crippen LogP contribution is 2.16. The second kappa shape index (κ2) is 4.25. The zero-order valence-electron chi connectivity index (χ0n) is 9.21. The molecule has 0 unspecified atom stereocenters. The molecule has 2 aromatic heterocycles. The van der Waals surface area contributed by atoms with Crippen LogP contribution in [0.25, 0.3) is 5.52 Å². The molecule has 0 saturated heterocycles. The molecule has 0 aromatic carbocycles. The summed E-state index contributed by atoms with van der Waals surface area (Å²) in [6, 6.07) is 4.73. The predicted octanol–water partition coefficient (Wildman–Crippen LogP) is 0.610. The number of ether oxygens (including phenoxy) is 1. The van der Waals surface area contributed by atoms with Crippen LogP contribution >= 0.6 is 0 Å². The number of esters is 1. The quantitative estimate of drug-likeness (QED) is 0.787. The lowest BCUT2D eigenvalue weighted by Crippen LogP contribution is -2.14. The Kier molecular flexibility index (Phi) is 2.78. The van der Waals surface area contributed by atoms with Gasteiger partial charge in [-0.15, -0.1) is 0 Å². The minimum absolute atomic E-state index is 0.156. The third-order valence-electron chi connectivity index (χ3n) is 2.28. The first-order valence-corrected chi connectivity index (χ1v) is 5.08. The van der Waals surface area contributed by atoms with Crippen molar-refractivity contribution in [2.75, 3.05) is 6.61 Å². The van der Waals surface area contributed by atoms with Crippen LogP contribution in [0.15, 0.2) is 24.4 Å². The first-order chi connectivity index (χ1) is 8.15. The first-order valence-electron chi connectivity index (χ1n) is 5.08. The highest BCUT2D eigenvalue weighted by molar-refractivity contribution is 6.02. The van der Waals surface area contributed by atoms with Gasteiger partial charge < -0.3 is 10.5 Å². The van der Waals surface area contributed by atoms with Crippen LogP contribution in [0.1, 0.15) is 27.8 Å². The van der Waals surface area contributed by atoms with Crippen LogP contribution < -0.4 is 5.73 Å². The third kappa shape index (κ3) is 1.84. The monoisotopic (exact) mass is 233 g/mol. The molecule has 0 aliphatic carbocycles. The van der Waals surface area contributed by atoms with Crippen molar-refractivity contribution >= 4 is 17.4 Å². The van der Waals surface area contributed by atoms with Crippen LogP contribution in [0.5, 0.6) is 0 Å². The minimum Gasteiger partial charge on any atom is -0.462 e. The van der Waals surface area contributed by atoms with Crippen molar-refractivity contribution in [2.24, 2.45) is 5.73 Å². The average molecular weight is 233 g/mol. The van der Waals surface area contributed by atoms with E-state index in [0.29, 0.717) is 5.52 Å². The Morgan fingerprint density at radius 3 is 2.94 bits per heavy atom. The van der Waals surface area contributed by atoms with Gasteiger partial charge in [0.05, 0.1) is 17.7 Å². The molecular weight excluding hydrogens is 222 g/mol. The molecule has 6 heteroatoms. The summed E-state index contributed by atoms with van der Waals surface area (Å²) in [5.74, 6) is -1.14. The first kappa shape index (κ1) is 11.1. The molecule has 17 heavy (non-hydrogen) atoms. The lowest BCUT2D eigenvalue weighted by atomic mass is 10.2. The maximum absolute atomic E-state index is 11.7. The van der Waals surface area contributed by atoms with Gasteiger partial charge in [0, 0.05) is 6.20 Å². The van der Waals surface area contributed by atoms with E-state index in [1.807, 2.05) is 0 Å². The molecule has 0 spiro atoms. The van der Waals surface area contributed by atoms with E-state index in [2.05, 4.69) is 5.10 Å². The maximum atomic E-state index is 11.7. The predicted molar refractivity (Wildman–Crippen MR) is 59.7 cm³/mol. The Bertz CT molecular complexity index is 589. The van der Waals surface area contributed by atoms with Gasteiger partial charge >= 0.3 is 5.97 Å². The van der Waals surface area contributed by atoms with Crippen LogP contribution in [0.4, 0.5) is 0 Å². The second-order valence-electron chi connectivity index (χ2n) is 3.35. The number of primary amides is 1. The third-order valence-corrected chi connectivity index (χ3v) is 2.28. The summed E-state index contributed by atoms with van der Waals surface area (Å²) >= 11 is 0. The Hall–Kier alpha value is -2.37. The second-order valence-corrected chi connectivity index (χ2v) is 3.35. The summed E-state index contributed by atoms with van der Waals surface area (Å²) in [5, 5.41) is 3.97. The summed E-state index contributed by atoms with van der Waals surface area (Å²) in [6.45, 7) is 1.98. The van der Waals surface area contributed by atoms with E-state index in [1.165, 1.54) is 16.8 Å². The highest BCUT2D eigenvalue weighted by atomic mass is 16.5. The number of hydrogen-bond acceptors (Lipinski definition) is 4. The smallest absolute Gasteiger partial charge is 0.340 e. The summed E-state index contributed by atoms with van der Waals surface area (Å²) in [7, 11) is 0. The van der Waals surface area contributed by atoms with Gasteiger partial charge in [0.15, 0.2) is 0 Å². The standard InChI is InChI=1S/C11H11N3O3/c1-2-17-11(16)7-6-9(10(12)15)14-8(7)4-3-5-13-14/h3-6H,2H2,1H3,(H2,12,15). The van der Waals surface area contributed by atoms with Gasteiger partial charge in [0.1, 0.15) is 5.69 Å². The molecule has 0 fully saturated rings. The molecule has 6 nitrogen and oxygen atoms in total. The largest absolute Gasteiger partial charge is 0.462 e. The van der Waals surface area contributed by atoms with Gasteiger partial charge in [-0.05, 0) is 25.1 Å². The molecule has 1 amide bonds. The molecule has 0 radical (unpaired) electrons. The fraction of sp³-hybridized carbons (Fsp3) is 0.182. The highest BCUT2D eigenvalue weighted by Gasteiger charge is 2.19. The van der Waals surface area contributed by atoms with Crippen LogP contribution in [0.2, 0.25) is 0 Å². The number of nitrogens with zero attached hydrogens (tertiary/aromatic N) is 2. The average Bonchev–Trinajstić information content (AvgIpc) is 2.69. The lowest BCUT2D eigenvalue weighted by Gasteiger charge is -1.99. The summed E-state index contributed by atoms with van der Waals surface area (Å²) in [5.41, 5.74) is 6.16. The van der Waals surface area contributed by atoms with Crippen molar-refractivity contribution in [2.45, 2.75) is 6.92 Å². The molecule has 0 atom stereocenters. The Labute approximate surface area is 97.0 Å². The lowest BCUT2D eigenvalue weighted by molar-refractivity contribution is 0.0528. The number of carbonyl (C=O) groups excluding carboxylic acids is 2. The van der Waals surface area contributed by atoms with Gasteiger partial charge in [0.25, 0.3) is 5.91 Å². The van der Waals surface area contributed by atoms with Crippen LogP contribution in [0, 0.1) is 0 Å². The normalized spacial score (nSPS) is 10.4. The molecule has 0 bridgehead atoms. The fourth-order valence-electron chi connectivity index (χ4n) is 1.59. The molecular formula is C11H11N3O3. The van der Waals surface area contributed by atoms with Gasteiger partial charge in [-0.25, -0.2) is 9.31 Å². The van der Waals surface area contributed by atoms with E-state index in [0.717, 1.165) is 0 Å². The topological polar surface area (TPSA) is 86.7 Å². The van der Waals surface area contributed by atoms with Crippen molar-refractivity contribution in [1.82, 2.24) is 9.61 Å². The summed E-state index contributed by atoms with van der Waals surface area (Å²) < 4.78 is 6.22. The van der Waals surface area contributed by atoms with E-state index in [-0.39, 0.29) is 17.9 Å². The number of rotatable bonds is 3. The number of carbonyl (C=O) groups is 2. The molecule has 0 aliphatic heterocycles. The van der Waals surface area contributed by atoms with E-state index in [1.54, 1.807) is 19.1 Å². The Balaban J connectivity index is 2.64. The van der Waals surface area contributed by atoms with Crippen LogP contribution in [-0.2, 0) is 4.74 Å². The van der Waals surface area contributed by atoms with Gasteiger partial charge in [-0.3, -0.25) is 4.79 Å². The molecule has 88 valence electrons. The number of hydrogen-bond donors (Lipinski definition) is 1. The molecule has 2 aromatic rings. The van der Waals surface area contributed by atoms with E-state index in [9.17, 15) is 9.59 Å². The summed E-state index contributed by atoms with van der Waals surface area (Å²) in [6.07, 6.45) is 1.51. The van der Waals surface area contributed by atoms with Crippen molar-refractivity contribution < 1.29 is 14.3 Å². The zero-order valence-corrected chi connectivity index (χ0v) is 9.21. The minimum atomic E-state index is -0.644. The number of nitrogens with two attached hydrogens (primary N) is 1. The van der Waals surface area contributed by atoms with Gasteiger partial charge in [-0.2, -0.15) is 5.10 Å². The number of aromatic nitrogens is 2. The summed E-state index contributed by atoms with van der Waals surface area (Å²) in [4.78, 5) is 22.9. The number of amides is 1. The van der Waals surface area contributed by atoms with Crippen molar-refractivity contribution in [1.29, 1.82) is 0 Å². The molecule has 2 rings (SSSR count). The van der Waals surface area contributed by atoms with Gasteiger partial charge in [-0.1, -0.05) is 0 Å². The van der Waals surface area contributed by atoms with E-state index < -0.39 is 11.9 Å². The molecule has 2 N–H and O–H groups in total. The van der Waals surface area contributed by atoms with Crippen LogP contribution in [-0.4, -0.2) is 28.1 Å². The van der Waals surface area contributed by atoms with E-state index in [4.69, 9.17) is 10.5 Å². The van der Waals surface area contributed by atoms with Gasteiger partial charge in [0.2, 0.25) is 0 Å². The van der Waals surface area contributed by atoms with Crippen molar-refractivity contribution in [3.63, 3.8) is 0 Å². The van der Waals surface area contributed by atoms with Crippen molar-refractivity contribution in [3.8, 4) is 0 Å². The SMILES string of the molecule is CCOC(=O)c1cc(C(N)=O)n2ncccc12. The van der Waals surface area contributed by atoms with Crippen LogP contribution in [0.3, 0.4) is 0 Å². The Morgan fingerprint density at radius 1 is 1.53 bits per heavy atom. The Morgan fingerprint density at radius 2 is 2.29 bits per heavy atom. The molecule has 0 aliphatic rings. The zero-order chi connectivity index (χ0) is 12.4. The van der Waals surface area contributed by atoms with E-state index >= 15 is 0 Å². The molecule has 0 saturated carbocycles. The number of fused-ring (bicyclic) bond motifs is 1.